The number of Topliss-reactive ketones (excluding diaryl/α,β-unsaturated/α-hetero) is 1. The van der Waals surface area contributed by atoms with Crippen LogP contribution >= 0.6 is 0 Å². The first kappa shape index (κ1) is 65.1. The molecule has 0 spiro atoms. The average molecular weight is 1270 g/mol. The molecule has 1 aromatic heterocycles. The van der Waals surface area contributed by atoms with Gasteiger partial charge in [0, 0.05) is 16.7 Å². The number of ether oxygens (including phenoxy) is 1. The minimum atomic E-state index is -6.13. The molecule has 1 heterocycles. The molecule has 0 fully saturated rings. The van der Waals surface area contributed by atoms with Crippen LogP contribution in [0.1, 0.15) is 82.6 Å². The van der Waals surface area contributed by atoms with Crippen LogP contribution in [0.5, 0.6) is 0 Å². The molecule has 8 aromatic rings. The predicted molar refractivity (Wildman–Crippen MR) is 264 cm³/mol. The third kappa shape index (κ3) is 13.9. The van der Waals surface area contributed by atoms with Crippen molar-refractivity contribution < 1.29 is 124 Å². The van der Waals surface area contributed by atoms with Gasteiger partial charge in [-0.3, -0.25) is 4.79 Å². The molecule has 9 rings (SSSR count). The predicted octanol–water partition coefficient (Wildman–Crippen LogP) is 15.4. The van der Waals surface area contributed by atoms with Crippen LogP contribution in [0.25, 0.3) is 11.1 Å². The number of rotatable bonds is 9. The summed E-state index contributed by atoms with van der Waals surface area (Å²) in [5.41, 5.74) is -25.4. The lowest BCUT2D eigenvalue weighted by atomic mass is 9.12. The summed E-state index contributed by atoms with van der Waals surface area (Å²) in [6.07, 6.45) is -50.6. The number of hydrogen-bond acceptors (Lipinski definition) is 4. The maximum atomic E-state index is 14.2. The molecule has 0 radical (unpaired) electrons. The molecule has 0 saturated carbocycles. The normalized spacial score (nSPS) is 13.5. The lowest BCUT2D eigenvalue weighted by Crippen LogP contribution is -2.75. The molecule has 0 bridgehead atoms. The number of carbonyl (C=O) groups excluding carboxylic acids is 2. The number of benzene rings is 7. The van der Waals surface area contributed by atoms with Crippen LogP contribution < -0.4 is 26.4 Å². The molecule has 5 nitrogen and oxygen atoms in total. The van der Waals surface area contributed by atoms with Crippen molar-refractivity contribution in [3.05, 3.63) is 237 Å². The van der Waals surface area contributed by atoms with Crippen molar-refractivity contribution in [2.75, 3.05) is 0 Å². The standard InChI is InChI=1S/C32H12BF24.C26H19N2O3/c34-25(35,36)13-1-14(26(37,38)39)6-21(5-13)33(22-7-15(27(40,41)42)2-16(8-22)28(43,44)45,23-9-17(29(46,47)48)3-18(10-23)30(49,50)51)24-11-19(31(52,53)54)4-20(12-24)32(55,56)57;29-24(18-8-2-1-3-9-18)17-28-15-14-27-23(16-28)26(30)31-25-21-12-6-4-10-19(21)20-11-5-7-13-22(20)25/h1-12H;1-16,25H,17H2/q-1;+1. The minimum absolute atomic E-state index is 0.0465. The summed E-state index contributed by atoms with van der Waals surface area (Å²) in [6.45, 7) is 0.113. The molecule has 0 amide bonds. The van der Waals surface area contributed by atoms with E-state index in [0.717, 1.165) is 22.3 Å². The van der Waals surface area contributed by atoms with Crippen LogP contribution in [0.3, 0.4) is 0 Å². The minimum Gasteiger partial charge on any atom is -0.448 e. The molecule has 88 heavy (non-hydrogen) atoms. The Labute approximate surface area is 478 Å². The van der Waals surface area contributed by atoms with Gasteiger partial charge in [-0.15, -0.1) is 0 Å². The van der Waals surface area contributed by atoms with Crippen molar-refractivity contribution in [3.8, 4) is 11.1 Å². The van der Waals surface area contributed by atoms with Crippen molar-refractivity contribution in [2.24, 2.45) is 0 Å². The topological polar surface area (TPSA) is 60.1 Å². The van der Waals surface area contributed by atoms with E-state index in [9.17, 15) is 115 Å². The van der Waals surface area contributed by atoms with E-state index in [1.807, 2.05) is 66.7 Å². The molecule has 0 unspecified atom stereocenters. The molecule has 1 aliphatic rings. The van der Waals surface area contributed by atoms with Crippen molar-refractivity contribution in [2.45, 2.75) is 62.1 Å². The van der Waals surface area contributed by atoms with E-state index in [1.165, 1.54) is 6.20 Å². The zero-order valence-electron chi connectivity index (χ0n) is 43.2. The average Bonchev–Trinajstić information content (AvgIpc) is 0.892. The van der Waals surface area contributed by atoms with Crippen LogP contribution in [0, 0.1) is 0 Å². The fraction of sp³-hybridized carbons (Fsp3) is 0.172. The van der Waals surface area contributed by atoms with E-state index < -0.39 is 207 Å². The fourth-order valence-electron chi connectivity index (χ4n) is 9.99. The number of halogens is 24. The van der Waals surface area contributed by atoms with Gasteiger partial charge in [0.2, 0.25) is 24.2 Å². The summed E-state index contributed by atoms with van der Waals surface area (Å²) >= 11 is 0. The van der Waals surface area contributed by atoms with E-state index >= 15 is 0 Å². The molecular weight excluding hydrogens is 1240 g/mol. The van der Waals surface area contributed by atoms with Gasteiger partial charge in [0.15, 0.2) is 12.3 Å². The Morgan fingerprint density at radius 1 is 0.398 bits per heavy atom. The summed E-state index contributed by atoms with van der Waals surface area (Å²) in [4.78, 5) is 29.6. The second kappa shape index (κ2) is 23.0. The molecule has 30 heteroatoms. The third-order valence-corrected chi connectivity index (χ3v) is 13.8. The number of fused-ring (bicyclic) bond motifs is 3. The smallest absolute Gasteiger partial charge is 0.416 e. The fourth-order valence-corrected chi connectivity index (χ4v) is 9.99. The first-order valence-corrected chi connectivity index (χ1v) is 24.6. The third-order valence-electron chi connectivity index (χ3n) is 13.8. The van der Waals surface area contributed by atoms with E-state index in [-0.39, 0.29) is 18.0 Å². The van der Waals surface area contributed by atoms with E-state index in [0.29, 0.717) is 5.56 Å². The quantitative estimate of drug-likeness (QED) is 0.0475. The zero-order valence-corrected chi connectivity index (χ0v) is 43.2. The first-order valence-electron chi connectivity index (χ1n) is 24.6. The lowest BCUT2D eigenvalue weighted by molar-refractivity contribution is -0.683. The number of ketones is 1. The van der Waals surface area contributed by atoms with E-state index in [2.05, 4.69) is 4.98 Å². The lowest BCUT2D eigenvalue weighted by Gasteiger charge is -2.46. The Kier molecular flexibility index (Phi) is 17.0. The highest BCUT2D eigenvalue weighted by Crippen LogP contribution is 2.46. The Morgan fingerprint density at radius 2 is 0.682 bits per heavy atom. The number of nitrogens with zero attached hydrogens (tertiary/aromatic N) is 2. The zero-order chi connectivity index (χ0) is 65.1. The highest BCUT2D eigenvalue weighted by Gasteiger charge is 2.47. The van der Waals surface area contributed by atoms with Gasteiger partial charge in [0.05, 0.1) is 50.7 Å². The molecule has 462 valence electrons. The molecule has 0 saturated heterocycles. The van der Waals surface area contributed by atoms with Crippen LogP contribution in [-0.4, -0.2) is 22.9 Å². The SMILES string of the molecule is FC(F)(F)c1cc([B-](c2cc(C(F)(F)F)cc(C(F)(F)F)c2)(c2cc(C(F)(F)F)cc(C(F)(F)F)c2)c2cc(C(F)(F)F)cc(C(F)(F)F)c2)cc(C(F)(F)F)c1.O=C(C[n+]1ccnc(C(=O)OC2c3ccccc3-c3ccccc32)c1)c1ccccc1. The van der Waals surface area contributed by atoms with Crippen molar-refractivity contribution in [3.63, 3.8) is 0 Å². The van der Waals surface area contributed by atoms with Gasteiger partial charge in [0.25, 0.3) is 0 Å². The van der Waals surface area contributed by atoms with E-state index in [4.69, 9.17) is 4.74 Å². The number of aromatic nitrogens is 2. The van der Waals surface area contributed by atoms with Crippen LogP contribution in [-0.2, 0) is 60.7 Å². The van der Waals surface area contributed by atoms with Crippen LogP contribution in [0.4, 0.5) is 105 Å². The second-order valence-corrected chi connectivity index (χ2v) is 19.6. The first-order chi connectivity index (χ1) is 40.5. The van der Waals surface area contributed by atoms with Gasteiger partial charge in [-0.05, 0) is 35.4 Å². The number of alkyl halides is 24. The number of esters is 1. The van der Waals surface area contributed by atoms with Gasteiger partial charge in [-0.1, -0.05) is 127 Å². The molecular formula is C58H31BF24N2O3. The Hall–Kier alpha value is -8.86. The van der Waals surface area contributed by atoms with Crippen molar-refractivity contribution in [1.82, 2.24) is 4.98 Å². The highest BCUT2D eigenvalue weighted by atomic mass is 19.4. The van der Waals surface area contributed by atoms with Crippen molar-refractivity contribution in [1.29, 1.82) is 0 Å². The molecule has 0 atom stereocenters. The van der Waals surface area contributed by atoms with Gasteiger partial charge in [-0.2, -0.15) is 132 Å². The Balaban J connectivity index is 0.000000269. The summed E-state index contributed by atoms with van der Waals surface area (Å²) in [7, 11) is 0. The Bertz CT molecular complexity index is 3450. The Morgan fingerprint density at radius 3 is 0.977 bits per heavy atom. The summed E-state index contributed by atoms with van der Waals surface area (Å²) in [6, 6.07) is 16.1. The second-order valence-electron chi connectivity index (χ2n) is 19.6. The maximum Gasteiger partial charge on any atom is 0.416 e. The maximum absolute atomic E-state index is 14.2. The van der Waals surface area contributed by atoms with E-state index in [1.54, 1.807) is 29.1 Å². The monoisotopic (exact) mass is 1270 g/mol. The van der Waals surface area contributed by atoms with Gasteiger partial charge >= 0.3 is 55.4 Å². The summed E-state index contributed by atoms with van der Waals surface area (Å²) < 4.78 is 348. The van der Waals surface area contributed by atoms with Gasteiger partial charge in [-0.25, -0.2) is 9.78 Å². The molecule has 0 N–H and O–H groups in total. The highest BCUT2D eigenvalue weighted by molar-refractivity contribution is 7.20. The summed E-state index contributed by atoms with van der Waals surface area (Å²) in [5, 5.41) is 0. The molecule has 1 aliphatic carbocycles. The van der Waals surface area contributed by atoms with Gasteiger partial charge in [0.1, 0.15) is 6.15 Å². The number of carbonyl (C=O) groups is 2. The molecule has 0 aliphatic heterocycles. The van der Waals surface area contributed by atoms with Crippen LogP contribution in [0.2, 0.25) is 0 Å². The number of hydrogen-bond donors (Lipinski definition) is 0. The largest absolute Gasteiger partial charge is 0.448 e. The van der Waals surface area contributed by atoms with Crippen LogP contribution in [0.15, 0.2) is 170 Å². The van der Waals surface area contributed by atoms with Crippen molar-refractivity contribution >= 4 is 39.7 Å². The molecule has 7 aromatic carbocycles. The van der Waals surface area contributed by atoms with Gasteiger partial charge < -0.3 is 4.74 Å². The summed E-state index contributed by atoms with van der Waals surface area (Å²) in [5.74, 6) is -0.576.